The van der Waals surface area contributed by atoms with Crippen molar-refractivity contribution in [3.63, 3.8) is 0 Å². The third kappa shape index (κ3) is 3.75. The second-order valence-electron chi connectivity index (χ2n) is 6.47. The fourth-order valence-corrected chi connectivity index (χ4v) is 2.91. The normalized spacial score (nSPS) is 19.7. The monoisotopic (exact) mass is 406 g/mol. The highest BCUT2D eigenvalue weighted by Crippen LogP contribution is 2.32. The van der Waals surface area contributed by atoms with Gasteiger partial charge < -0.3 is 5.32 Å². The molecule has 2 aromatic rings. The average Bonchev–Trinajstić information content (AvgIpc) is 2.90. The molecule has 0 aliphatic carbocycles. The second kappa shape index (κ2) is 7.16. The van der Waals surface area contributed by atoms with Crippen molar-refractivity contribution in [1.29, 1.82) is 0 Å². The average molecular weight is 406 g/mol. The molecule has 150 valence electrons. The van der Waals surface area contributed by atoms with E-state index in [-0.39, 0.29) is 5.56 Å². The molecule has 1 aliphatic rings. The number of carbonyl (C=O) groups is 3. The number of hydrogen-bond donors (Lipinski definition) is 1. The second-order valence-corrected chi connectivity index (χ2v) is 6.47. The van der Waals surface area contributed by atoms with Crippen LogP contribution in [0.5, 0.6) is 0 Å². The van der Waals surface area contributed by atoms with E-state index >= 15 is 0 Å². The van der Waals surface area contributed by atoms with E-state index in [0.717, 1.165) is 18.2 Å². The Morgan fingerprint density at radius 2 is 1.76 bits per heavy atom. The lowest BCUT2D eigenvalue weighted by atomic mass is 9.92. The van der Waals surface area contributed by atoms with Crippen molar-refractivity contribution in [3.05, 3.63) is 77.1 Å². The fourth-order valence-electron chi connectivity index (χ4n) is 2.91. The number of benzene rings is 2. The minimum Gasteiger partial charge on any atom is -0.319 e. The summed E-state index contributed by atoms with van der Waals surface area (Å²) in [5, 5.41) is 2.45. The molecule has 0 bridgehead atoms. The Kier molecular flexibility index (Phi) is 5.00. The lowest BCUT2D eigenvalue weighted by Crippen LogP contribution is -2.41. The summed E-state index contributed by atoms with van der Waals surface area (Å²) < 4.78 is 51.7. The third-order valence-electron chi connectivity index (χ3n) is 4.48. The Labute approximate surface area is 162 Å². The first-order valence-electron chi connectivity index (χ1n) is 8.35. The van der Waals surface area contributed by atoms with Gasteiger partial charge in [0.05, 0.1) is 5.56 Å². The van der Waals surface area contributed by atoms with Crippen LogP contribution in [0, 0.1) is 5.82 Å². The standard InChI is InChI=1S/C20H14F4N2O3/c1-19(13-5-3-2-4-6-13)17(28)26(18(29)25-19)16(27)10-8-12-7-9-15(21)14(11-12)20(22,23)24/h2-11H,1H3,(H,25,29)/b10-8+. The van der Waals surface area contributed by atoms with E-state index in [4.69, 9.17) is 0 Å². The molecule has 0 radical (unpaired) electrons. The van der Waals surface area contributed by atoms with Gasteiger partial charge in [-0.25, -0.2) is 9.18 Å². The SMILES string of the molecule is CC1(c2ccccc2)NC(=O)N(C(=O)/C=C/c2ccc(F)c(C(F)(F)F)c2)C1=O. The van der Waals surface area contributed by atoms with Gasteiger partial charge in [0.2, 0.25) is 0 Å². The smallest absolute Gasteiger partial charge is 0.319 e. The number of urea groups is 1. The maximum atomic E-state index is 13.3. The molecule has 1 fully saturated rings. The fraction of sp³-hybridized carbons (Fsp3) is 0.150. The number of amides is 4. The van der Waals surface area contributed by atoms with Crippen molar-refractivity contribution in [2.45, 2.75) is 18.6 Å². The van der Waals surface area contributed by atoms with E-state index < -0.39 is 40.9 Å². The first kappa shape index (κ1) is 20.2. The van der Waals surface area contributed by atoms with Crippen LogP contribution in [0.3, 0.4) is 0 Å². The van der Waals surface area contributed by atoms with Gasteiger partial charge in [-0.2, -0.15) is 18.1 Å². The number of imide groups is 3. The summed E-state index contributed by atoms with van der Waals surface area (Å²) in [5.41, 5.74) is -2.60. The summed E-state index contributed by atoms with van der Waals surface area (Å²) in [6.07, 6.45) is -3.16. The van der Waals surface area contributed by atoms with Crippen molar-refractivity contribution >= 4 is 23.9 Å². The summed E-state index contributed by atoms with van der Waals surface area (Å²) in [6.45, 7) is 1.44. The van der Waals surface area contributed by atoms with Crippen molar-refractivity contribution < 1.29 is 31.9 Å². The first-order valence-corrected chi connectivity index (χ1v) is 8.35. The number of halogens is 4. The summed E-state index contributed by atoms with van der Waals surface area (Å²) >= 11 is 0. The lowest BCUT2D eigenvalue weighted by molar-refractivity contribution is -0.140. The first-order chi connectivity index (χ1) is 13.5. The zero-order valence-electron chi connectivity index (χ0n) is 15.0. The molecule has 1 saturated heterocycles. The molecular formula is C20H14F4N2O3. The van der Waals surface area contributed by atoms with Crippen LogP contribution < -0.4 is 5.32 Å². The topological polar surface area (TPSA) is 66.5 Å². The highest BCUT2D eigenvalue weighted by Gasteiger charge is 2.51. The van der Waals surface area contributed by atoms with Gasteiger partial charge >= 0.3 is 12.2 Å². The zero-order chi connectivity index (χ0) is 21.4. The van der Waals surface area contributed by atoms with E-state index in [9.17, 15) is 31.9 Å². The van der Waals surface area contributed by atoms with Gasteiger partial charge in [0.1, 0.15) is 11.4 Å². The van der Waals surface area contributed by atoms with Crippen LogP contribution >= 0.6 is 0 Å². The Morgan fingerprint density at radius 3 is 2.38 bits per heavy atom. The number of nitrogens with one attached hydrogen (secondary N) is 1. The van der Waals surface area contributed by atoms with Gasteiger partial charge in [0, 0.05) is 6.08 Å². The summed E-state index contributed by atoms with van der Waals surface area (Å²) in [5.74, 6) is -3.31. The van der Waals surface area contributed by atoms with Crippen LogP contribution in [-0.2, 0) is 21.3 Å². The molecule has 0 aromatic heterocycles. The molecule has 9 heteroatoms. The van der Waals surface area contributed by atoms with Crippen molar-refractivity contribution in [2.75, 3.05) is 0 Å². The number of alkyl halides is 3. The molecule has 29 heavy (non-hydrogen) atoms. The maximum Gasteiger partial charge on any atom is 0.419 e. The Bertz CT molecular complexity index is 1020. The maximum absolute atomic E-state index is 13.3. The zero-order valence-corrected chi connectivity index (χ0v) is 15.0. The number of nitrogens with zero attached hydrogens (tertiary/aromatic N) is 1. The molecule has 1 heterocycles. The number of rotatable bonds is 3. The van der Waals surface area contributed by atoms with Crippen LogP contribution in [0.2, 0.25) is 0 Å². The number of carbonyl (C=O) groups excluding carboxylic acids is 3. The predicted molar refractivity (Wildman–Crippen MR) is 94.6 cm³/mol. The highest BCUT2D eigenvalue weighted by atomic mass is 19.4. The van der Waals surface area contributed by atoms with Gasteiger partial charge in [-0.15, -0.1) is 0 Å². The third-order valence-corrected chi connectivity index (χ3v) is 4.48. The summed E-state index contributed by atoms with van der Waals surface area (Å²) in [7, 11) is 0. The molecule has 1 N–H and O–H groups in total. The number of hydrogen-bond acceptors (Lipinski definition) is 3. The van der Waals surface area contributed by atoms with Crippen LogP contribution in [-0.4, -0.2) is 22.7 Å². The highest BCUT2D eigenvalue weighted by molar-refractivity contribution is 6.21. The Hall–Kier alpha value is -3.49. The molecule has 2 aromatic carbocycles. The molecule has 3 rings (SSSR count). The summed E-state index contributed by atoms with van der Waals surface area (Å²) in [6, 6.07) is 9.50. The predicted octanol–water partition coefficient (Wildman–Crippen LogP) is 3.85. The van der Waals surface area contributed by atoms with Crippen molar-refractivity contribution in [1.82, 2.24) is 10.2 Å². The largest absolute Gasteiger partial charge is 0.419 e. The van der Waals surface area contributed by atoms with E-state index in [2.05, 4.69) is 5.32 Å². The van der Waals surface area contributed by atoms with Gasteiger partial charge in [-0.1, -0.05) is 36.4 Å². The van der Waals surface area contributed by atoms with Crippen molar-refractivity contribution in [3.8, 4) is 0 Å². The van der Waals surface area contributed by atoms with Gasteiger partial charge in [-0.3, -0.25) is 9.59 Å². The quantitative estimate of drug-likeness (QED) is 0.478. The van der Waals surface area contributed by atoms with Crippen LogP contribution in [0.1, 0.15) is 23.6 Å². The molecule has 4 amide bonds. The van der Waals surface area contributed by atoms with Gasteiger partial charge in [0.15, 0.2) is 0 Å². The Balaban J connectivity index is 1.85. The van der Waals surface area contributed by atoms with Crippen LogP contribution in [0.4, 0.5) is 22.4 Å². The molecule has 1 aliphatic heterocycles. The van der Waals surface area contributed by atoms with E-state index in [0.29, 0.717) is 22.6 Å². The van der Waals surface area contributed by atoms with Crippen molar-refractivity contribution in [2.24, 2.45) is 0 Å². The molecule has 0 spiro atoms. The summed E-state index contributed by atoms with van der Waals surface area (Å²) in [4.78, 5) is 37.6. The minimum atomic E-state index is -4.90. The van der Waals surface area contributed by atoms with E-state index in [1.807, 2.05) is 0 Å². The van der Waals surface area contributed by atoms with Crippen LogP contribution in [0.15, 0.2) is 54.6 Å². The van der Waals surface area contributed by atoms with Gasteiger partial charge in [0.25, 0.3) is 11.8 Å². The lowest BCUT2D eigenvalue weighted by Gasteiger charge is -2.21. The Morgan fingerprint density at radius 1 is 1.10 bits per heavy atom. The van der Waals surface area contributed by atoms with E-state index in [1.54, 1.807) is 30.3 Å². The minimum absolute atomic E-state index is 0.120. The molecular weight excluding hydrogens is 392 g/mol. The molecule has 1 atom stereocenters. The van der Waals surface area contributed by atoms with E-state index in [1.165, 1.54) is 6.92 Å². The molecule has 0 saturated carbocycles. The molecule has 5 nitrogen and oxygen atoms in total. The van der Waals surface area contributed by atoms with Crippen LogP contribution in [0.25, 0.3) is 6.08 Å². The molecule has 1 unspecified atom stereocenters. The van der Waals surface area contributed by atoms with Gasteiger partial charge in [-0.05, 0) is 36.3 Å².